The Morgan fingerprint density at radius 3 is 2.22 bits per heavy atom. The van der Waals surface area contributed by atoms with Crippen molar-refractivity contribution in [2.75, 3.05) is 13.1 Å². The summed E-state index contributed by atoms with van der Waals surface area (Å²) >= 11 is 0. The molecule has 1 saturated heterocycles. The van der Waals surface area contributed by atoms with Crippen LogP contribution in [-0.4, -0.2) is 39.4 Å². The van der Waals surface area contributed by atoms with Crippen LogP contribution in [0, 0.1) is 0 Å². The molecule has 1 atom stereocenters. The molecule has 1 fully saturated rings. The van der Waals surface area contributed by atoms with Gasteiger partial charge in [-0.05, 0) is 48.6 Å². The van der Waals surface area contributed by atoms with Crippen LogP contribution in [0.25, 0.3) is 22.2 Å². The minimum absolute atomic E-state index is 0.0718. The van der Waals surface area contributed by atoms with E-state index in [1.165, 1.54) is 12.8 Å². The van der Waals surface area contributed by atoms with E-state index < -0.39 is 0 Å². The predicted octanol–water partition coefficient (Wildman–Crippen LogP) is 5.53. The minimum Gasteiger partial charge on any atom is -0.346 e. The maximum atomic E-state index is 13.2. The molecule has 0 bridgehead atoms. The number of hydrogen-bond acceptors (Lipinski definition) is 3. The summed E-state index contributed by atoms with van der Waals surface area (Å²) in [6, 6.07) is 25.8. The molecule has 0 spiro atoms. The van der Waals surface area contributed by atoms with Gasteiger partial charge in [0.15, 0.2) is 0 Å². The Morgan fingerprint density at radius 2 is 1.49 bits per heavy atom. The number of carbonyl (C=O) groups is 2. The lowest BCUT2D eigenvalue weighted by molar-refractivity contribution is -0.131. The summed E-state index contributed by atoms with van der Waals surface area (Å²) in [5, 5.41) is 3.11. The van der Waals surface area contributed by atoms with Gasteiger partial charge in [0.25, 0.3) is 0 Å². The summed E-state index contributed by atoms with van der Waals surface area (Å²) in [5.74, 6) is 0.748. The summed E-state index contributed by atoms with van der Waals surface area (Å²) in [7, 11) is 0. The summed E-state index contributed by atoms with van der Waals surface area (Å²) in [6.45, 7) is 3.80. The molecular weight excluding hydrogens is 460 g/mol. The largest absolute Gasteiger partial charge is 0.346 e. The third-order valence-electron chi connectivity index (χ3n) is 7.13. The van der Waals surface area contributed by atoms with Crippen molar-refractivity contribution in [2.45, 2.75) is 51.6 Å². The van der Waals surface area contributed by atoms with Crippen molar-refractivity contribution in [1.29, 1.82) is 0 Å². The summed E-state index contributed by atoms with van der Waals surface area (Å²) in [6.07, 6.45) is 4.76. The summed E-state index contributed by atoms with van der Waals surface area (Å²) < 4.78 is 1.97. The number of nitrogens with one attached hydrogen (secondary N) is 1. The Hall–Kier alpha value is -3.93. The van der Waals surface area contributed by atoms with Gasteiger partial charge in [-0.2, -0.15) is 0 Å². The van der Waals surface area contributed by atoms with Gasteiger partial charge in [-0.3, -0.25) is 9.59 Å². The van der Waals surface area contributed by atoms with Crippen molar-refractivity contribution in [2.24, 2.45) is 0 Å². The normalized spacial score (nSPS) is 14.8. The fraction of sp³-hybridized carbons (Fsp3) is 0.323. The van der Waals surface area contributed by atoms with E-state index in [9.17, 15) is 9.59 Å². The molecular formula is C31H34N4O2. The zero-order valence-electron chi connectivity index (χ0n) is 21.4. The van der Waals surface area contributed by atoms with Crippen LogP contribution in [0.1, 0.15) is 50.0 Å². The van der Waals surface area contributed by atoms with Gasteiger partial charge in [-0.25, -0.2) is 4.98 Å². The van der Waals surface area contributed by atoms with Crippen molar-refractivity contribution >= 4 is 22.8 Å². The highest BCUT2D eigenvalue weighted by molar-refractivity contribution is 5.82. The highest BCUT2D eigenvalue weighted by Gasteiger charge is 2.23. The number of para-hydroxylation sites is 2. The van der Waals surface area contributed by atoms with Gasteiger partial charge in [0.2, 0.25) is 11.8 Å². The lowest BCUT2D eigenvalue weighted by Gasteiger charge is -2.22. The highest BCUT2D eigenvalue weighted by atomic mass is 16.2. The first-order valence-corrected chi connectivity index (χ1v) is 13.2. The lowest BCUT2D eigenvalue weighted by atomic mass is 10.0. The van der Waals surface area contributed by atoms with Crippen molar-refractivity contribution in [1.82, 2.24) is 19.8 Å². The second kappa shape index (κ2) is 11.4. The Balaban J connectivity index is 1.29. The number of fused-ring (bicyclic) bond motifs is 1. The molecule has 5 rings (SSSR count). The van der Waals surface area contributed by atoms with E-state index in [2.05, 4.69) is 29.6 Å². The number of carbonyl (C=O) groups excluding carboxylic acids is 2. The maximum Gasteiger partial charge on any atom is 0.242 e. The van der Waals surface area contributed by atoms with Gasteiger partial charge in [0.1, 0.15) is 12.4 Å². The second-order valence-corrected chi connectivity index (χ2v) is 9.87. The van der Waals surface area contributed by atoms with Crippen LogP contribution >= 0.6 is 0 Å². The summed E-state index contributed by atoms with van der Waals surface area (Å²) in [4.78, 5) is 33.0. The van der Waals surface area contributed by atoms with Gasteiger partial charge in [0.05, 0.1) is 23.5 Å². The molecule has 0 aliphatic carbocycles. The molecule has 1 unspecified atom stereocenters. The Kier molecular flexibility index (Phi) is 7.64. The number of hydrogen-bond donors (Lipinski definition) is 1. The van der Waals surface area contributed by atoms with E-state index in [4.69, 9.17) is 4.98 Å². The van der Waals surface area contributed by atoms with E-state index in [0.717, 1.165) is 53.7 Å². The van der Waals surface area contributed by atoms with Crippen LogP contribution in [0.15, 0.2) is 78.9 Å². The van der Waals surface area contributed by atoms with Gasteiger partial charge in [0, 0.05) is 13.1 Å². The number of likely N-dealkylation sites (tertiary alicyclic amines) is 1. The number of benzene rings is 3. The molecule has 3 aromatic carbocycles. The Labute approximate surface area is 218 Å². The Bertz CT molecular complexity index is 1350. The molecule has 1 aliphatic rings. The molecule has 2 amide bonds. The van der Waals surface area contributed by atoms with E-state index >= 15 is 0 Å². The average molecular weight is 495 g/mol. The molecule has 6 heteroatoms. The van der Waals surface area contributed by atoms with Crippen LogP contribution in [-0.2, 0) is 22.6 Å². The summed E-state index contributed by atoms with van der Waals surface area (Å²) in [5.41, 5.74) is 4.98. The number of rotatable bonds is 7. The standard InChI is InChI=1S/C31H34N4O2/c1-23(32-29(36)21-24-15-17-26(18-16-24)25-11-5-4-6-12-25)31-33-27-13-7-8-14-28(27)35(31)22-30(37)34-19-9-2-3-10-20-34/h4-8,11-18,23H,2-3,9-10,19-22H2,1H3,(H,32,36). The van der Waals surface area contributed by atoms with Crippen LogP contribution in [0.3, 0.4) is 0 Å². The van der Waals surface area contributed by atoms with E-state index in [1.54, 1.807) is 0 Å². The quantitative estimate of drug-likeness (QED) is 0.368. The van der Waals surface area contributed by atoms with Crippen LogP contribution in [0.2, 0.25) is 0 Å². The van der Waals surface area contributed by atoms with Crippen LogP contribution in [0.4, 0.5) is 0 Å². The zero-order valence-corrected chi connectivity index (χ0v) is 21.4. The molecule has 6 nitrogen and oxygen atoms in total. The third-order valence-corrected chi connectivity index (χ3v) is 7.13. The number of imidazole rings is 1. The fourth-order valence-corrected chi connectivity index (χ4v) is 5.13. The van der Waals surface area contributed by atoms with Gasteiger partial charge >= 0.3 is 0 Å². The van der Waals surface area contributed by atoms with Gasteiger partial charge in [-0.15, -0.1) is 0 Å². The van der Waals surface area contributed by atoms with Crippen molar-refractivity contribution in [3.63, 3.8) is 0 Å². The first-order valence-electron chi connectivity index (χ1n) is 13.2. The molecule has 0 radical (unpaired) electrons. The first-order chi connectivity index (χ1) is 18.1. The van der Waals surface area contributed by atoms with Crippen molar-refractivity contribution < 1.29 is 9.59 Å². The monoisotopic (exact) mass is 494 g/mol. The molecule has 4 aromatic rings. The highest BCUT2D eigenvalue weighted by Crippen LogP contribution is 2.23. The van der Waals surface area contributed by atoms with E-state index in [1.807, 2.05) is 71.0 Å². The van der Waals surface area contributed by atoms with Crippen molar-refractivity contribution in [3.8, 4) is 11.1 Å². The van der Waals surface area contributed by atoms with Crippen LogP contribution < -0.4 is 5.32 Å². The van der Waals surface area contributed by atoms with Crippen LogP contribution in [0.5, 0.6) is 0 Å². The smallest absolute Gasteiger partial charge is 0.242 e. The number of nitrogens with zero attached hydrogens (tertiary/aromatic N) is 3. The van der Waals surface area contributed by atoms with Gasteiger partial charge < -0.3 is 14.8 Å². The van der Waals surface area contributed by atoms with E-state index in [-0.39, 0.29) is 30.8 Å². The molecule has 37 heavy (non-hydrogen) atoms. The lowest BCUT2D eigenvalue weighted by Crippen LogP contribution is -2.36. The Morgan fingerprint density at radius 1 is 0.838 bits per heavy atom. The molecule has 1 N–H and O–H groups in total. The SMILES string of the molecule is CC(NC(=O)Cc1ccc(-c2ccccc2)cc1)c1nc2ccccc2n1CC(=O)N1CCCCCC1. The number of amides is 2. The predicted molar refractivity (Wildman–Crippen MR) is 147 cm³/mol. The van der Waals surface area contributed by atoms with Crippen molar-refractivity contribution in [3.05, 3.63) is 90.3 Å². The average Bonchev–Trinajstić information content (AvgIpc) is 3.08. The zero-order chi connectivity index (χ0) is 25.6. The van der Waals surface area contributed by atoms with E-state index in [0.29, 0.717) is 5.82 Å². The second-order valence-electron chi connectivity index (χ2n) is 9.87. The topological polar surface area (TPSA) is 67.2 Å². The third kappa shape index (κ3) is 5.91. The molecule has 1 aromatic heterocycles. The molecule has 0 saturated carbocycles. The minimum atomic E-state index is -0.333. The number of aromatic nitrogens is 2. The fourth-order valence-electron chi connectivity index (χ4n) is 5.13. The first kappa shape index (κ1) is 24.8. The molecule has 2 heterocycles. The molecule has 1 aliphatic heterocycles. The maximum absolute atomic E-state index is 13.2. The molecule has 190 valence electrons. The van der Waals surface area contributed by atoms with Gasteiger partial charge in [-0.1, -0.05) is 79.6 Å².